The number of nitrogens with zero attached hydrogens (tertiary/aromatic N) is 7. The van der Waals surface area contributed by atoms with Crippen LogP contribution in [0.15, 0.2) is 93.0 Å². The van der Waals surface area contributed by atoms with Crippen molar-refractivity contribution in [2.75, 3.05) is 17.4 Å². The molecular weight excluding hydrogens is 671 g/mol. The molecule has 256 valence electrons. The van der Waals surface area contributed by atoms with E-state index in [1.54, 1.807) is 48.8 Å². The summed E-state index contributed by atoms with van der Waals surface area (Å²) in [6, 6.07) is 16.9. The molecule has 1 N–H and O–H groups in total. The maximum Gasteiger partial charge on any atom is 0.416 e. The third-order valence-electron chi connectivity index (χ3n) is 8.28. The van der Waals surface area contributed by atoms with Gasteiger partial charge >= 0.3 is 6.09 Å². The Balaban J connectivity index is 1.71. The number of carbonyl (C=O) groups is 1. The van der Waals surface area contributed by atoms with Crippen LogP contribution in [0.2, 0.25) is 0 Å². The van der Waals surface area contributed by atoms with Gasteiger partial charge in [-0.05, 0) is 59.7 Å². The van der Waals surface area contributed by atoms with Crippen molar-refractivity contribution in [1.82, 2.24) is 29.1 Å². The molecule has 0 spiro atoms. The molecule has 0 saturated heterocycles. The first-order valence-electron chi connectivity index (χ1n) is 15.8. The summed E-state index contributed by atoms with van der Waals surface area (Å²) in [6.45, 7) is 11.9. The summed E-state index contributed by atoms with van der Waals surface area (Å²) in [5, 5.41) is 13.5. The Kier molecular flexibility index (Phi) is 9.08. The van der Waals surface area contributed by atoms with Crippen LogP contribution in [0.4, 0.5) is 16.2 Å². The number of carboxylic acid groups (broad SMARTS) is 1. The second-order valence-electron chi connectivity index (χ2n) is 13.7. The molecule has 13 heteroatoms. The van der Waals surface area contributed by atoms with E-state index >= 15 is 0 Å². The van der Waals surface area contributed by atoms with Crippen molar-refractivity contribution in [1.29, 1.82) is 0 Å². The van der Waals surface area contributed by atoms with Gasteiger partial charge in [-0.2, -0.15) is 0 Å². The summed E-state index contributed by atoms with van der Waals surface area (Å²) in [5.74, 6) is 0. The largest absolute Gasteiger partial charge is 0.464 e. The van der Waals surface area contributed by atoms with Gasteiger partial charge in [0.15, 0.2) is 21.6 Å². The van der Waals surface area contributed by atoms with Crippen LogP contribution in [0.3, 0.4) is 0 Å². The Morgan fingerprint density at radius 3 is 1.40 bits per heavy atom. The first-order chi connectivity index (χ1) is 23.6. The molecule has 0 bridgehead atoms. The Morgan fingerprint density at radius 1 is 0.660 bits per heavy atom. The van der Waals surface area contributed by atoms with Crippen LogP contribution in [0.1, 0.15) is 52.7 Å². The zero-order chi connectivity index (χ0) is 36.1. The molecule has 0 unspecified atom stereocenters. The summed E-state index contributed by atoms with van der Waals surface area (Å²) >= 11 is 2.72. The summed E-state index contributed by atoms with van der Waals surface area (Å²) < 4.78 is 3.06. The van der Waals surface area contributed by atoms with Crippen LogP contribution in [0.5, 0.6) is 0 Å². The molecule has 1 amide bonds. The van der Waals surface area contributed by atoms with Gasteiger partial charge in [-0.15, -0.1) is 0 Å². The van der Waals surface area contributed by atoms with Gasteiger partial charge in [-0.25, -0.2) is 29.6 Å². The first kappa shape index (κ1) is 34.8. The minimum atomic E-state index is -1.23. The van der Waals surface area contributed by atoms with Gasteiger partial charge in [0.1, 0.15) is 0 Å². The van der Waals surface area contributed by atoms with E-state index in [-0.39, 0.29) is 11.1 Å². The summed E-state index contributed by atoms with van der Waals surface area (Å²) in [6.07, 6.45) is 5.85. The second-order valence-corrected chi connectivity index (χ2v) is 15.3. The highest BCUT2D eigenvalue weighted by molar-refractivity contribution is 7.98. The zero-order valence-electron chi connectivity index (χ0n) is 29.0. The monoisotopic (exact) mass is 707 g/mol. The van der Waals surface area contributed by atoms with Crippen molar-refractivity contribution in [3.63, 3.8) is 0 Å². The molecule has 0 aliphatic carbocycles. The molecule has 4 heterocycles. The molecule has 0 radical (unpaired) electrons. The molecule has 2 aromatic carbocycles. The smallest absolute Gasteiger partial charge is 0.416 e. The fourth-order valence-electron chi connectivity index (χ4n) is 6.34. The van der Waals surface area contributed by atoms with Gasteiger partial charge in [-0.1, -0.05) is 77.2 Å². The van der Waals surface area contributed by atoms with Gasteiger partial charge in [-0.3, -0.25) is 18.7 Å². The predicted molar refractivity (Wildman–Crippen MR) is 201 cm³/mol. The van der Waals surface area contributed by atoms with E-state index in [1.807, 2.05) is 66.2 Å². The molecule has 0 atom stereocenters. The summed E-state index contributed by atoms with van der Waals surface area (Å²) in [7, 11) is 0. The topological polar surface area (TPSA) is 136 Å². The van der Waals surface area contributed by atoms with E-state index < -0.39 is 16.9 Å². The third-order valence-corrected chi connectivity index (χ3v) is 9.41. The van der Waals surface area contributed by atoms with E-state index in [0.29, 0.717) is 66.3 Å². The number of thioether (sulfide) groups is 2. The van der Waals surface area contributed by atoms with Crippen molar-refractivity contribution < 1.29 is 9.90 Å². The molecule has 11 nitrogen and oxygen atoms in total. The number of rotatable bonds is 6. The number of benzene rings is 2. The summed E-state index contributed by atoms with van der Waals surface area (Å²) in [5.41, 5.74) is 1.86. The number of hydrogen-bond donors (Lipinski definition) is 1. The molecule has 4 aromatic heterocycles. The van der Waals surface area contributed by atoms with Gasteiger partial charge in [0.2, 0.25) is 0 Å². The molecule has 0 aliphatic rings. The van der Waals surface area contributed by atoms with E-state index in [1.165, 1.54) is 49.7 Å². The van der Waals surface area contributed by atoms with Crippen molar-refractivity contribution >= 4 is 63.1 Å². The maximum absolute atomic E-state index is 13.7. The number of fused-ring (bicyclic) bond motifs is 2. The Hall–Kier alpha value is -5.01. The summed E-state index contributed by atoms with van der Waals surface area (Å²) in [4.78, 5) is 60.4. The van der Waals surface area contributed by atoms with Gasteiger partial charge in [0, 0.05) is 46.4 Å². The van der Waals surface area contributed by atoms with Crippen LogP contribution in [0, 0.1) is 0 Å². The number of aromatic nitrogens is 6. The average molecular weight is 708 g/mol. The van der Waals surface area contributed by atoms with Gasteiger partial charge < -0.3 is 5.11 Å². The minimum Gasteiger partial charge on any atom is -0.464 e. The van der Waals surface area contributed by atoms with Crippen LogP contribution < -0.4 is 16.0 Å². The molecule has 50 heavy (non-hydrogen) atoms. The average Bonchev–Trinajstić information content (AvgIpc) is 3.06. The molecule has 6 aromatic rings. The lowest BCUT2D eigenvalue weighted by atomic mass is 9.82. The highest BCUT2D eigenvalue weighted by Crippen LogP contribution is 2.44. The Morgan fingerprint density at radius 2 is 1.06 bits per heavy atom. The number of hydrogen-bond acceptors (Lipinski definition) is 9. The number of pyridine rings is 2. The highest BCUT2D eigenvalue weighted by atomic mass is 32.2. The normalized spacial score (nSPS) is 12.1. The van der Waals surface area contributed by atoms with Crippen molar-refractivity contribution in [3.05, 3.63) is 105 Å². The molecule has 0 saturated carbocycles. The van der Waals surface area contributed by atoms with E-state index in [4.69, 9.17) is 9.97 Å². The molecular formula is C37H37N7O4S2. The fourth-order valence-corrected chi connectivity index (χ4v) is 7.01. The van der Waals surface area contributed by atoms with E-state index in [2.05, 4.69) is 9.97 Å². The third kappa shape index (κ3) is 6.15. The second kappa shape index (κ2) is 13.0. The van der Waals surface area contributed by atoms with Crippen molar-refractivity contribution in [2.24, 2.45) is 0 Å². The van der Waals surface area contributed by atoms with E-state index in [9.17, 15) is 19.5 Å². The predicted octanol–water partition coefficient (Wildman–Crippen LogP) is 7.73. The van der Waals surface area contributed by atoms with Crippen molar-refractivity contribution in [2.45, 2.75) is 62.7 Å². The Labute approximate surface area is 297 Å². The van der Waals surface area contributed by atoms with Crippen LogP contribution in [-0.2, 0) is 10.8 Å². The molecule has 6 rings (SSSR count). The lowest BCUT2D eigenvalue weighted by Gasteiger charge is -2.35. The lowest BCUT2D eigenvalue weighted by molar-refractivity contribution is 0.204. The van der Waals surface area contributed by atoms with Crippen LogP contribution in [0.25, 0.3) is 33.4 Å². The maximum atomic E-state index is 13.7. The number of anilines is 2. The SMILES string of the molecule is CSc1ncc2ccc(=O)n(-c3cccc(N(C(=O)O)c4cccc(-n5c(=O)ccc6cnc(SC)nc65)c4C(C)(C)C)c3C(C)(C)C)c2n1. The van der Waals surface area contributed by atoms with Gasteiger partial charge in [0.05, 0.1) is 22.7 Å². The Bertz CT molecular complexity index is 2260. The lowest BCUT2D eigenvalue weighted by Crippen LogP contribution is -2.33. The molecule has 0 aliphatic heterocycles. The van der Waals surface area contributed by atoms with Crippen LogP contribution >= 0.6 is 23.5 Å². The van der Waals surface area contributed by atoms with Crippen LogP contribution in [-0.4, -0.2) is 52.8 Å². The first-order valence-corrected chi connectivity index (χ1v) is 18.3. The highest BCUT2D eigenvalue weighted by Gasteiger charge is 2.34. The number of amides is 1. The quantitative estimate of drug-likeness (QED) is 0.135. The standard InChI is InChI=1S/C37H37N7O4S2/c1-36(2,3)29-23(11-9-13-25(29)43-27(45)17-15-21-19-38-33(49-7)40-31(21)43)42(35(47)48)24-12-10-14-26(30(24)37(4,5)6)44-28(46)18-16-22-20-39-34(50-8)41-32(22)44/h9-20H,1-8H3,(H,47,48). The minimum absolute atomic E-state index is 0.313. The van der Waals surface area contributed by atoms with E-state index in [0.717, 1.165) is 0 Å². The molecule has 0 fully saturated rings. The van der Waals surface area contributed by atoms with Crippen molar-refractivity contribution in [3.8, 4) is 11.4 Å². The van der Waals surface area contributed by atoms with Gasteiger partial charge in [0.25, 0.3) is 11.1 Å². The fraction of sp³-hybridized carbons (Fsp3) is 0.270. The zero-order valence-corrected chi connectivity index (χ0v) is 30.7.